The Hall–Kier alpha value is -1.10. The molecular weight excluding hydrogens is 232 g/mol. The normalized spacial score (nSPS) is 9.00. The van der Waals surface area contributed by atoms with E-state index in [2.05, 4.69) is 4.89 Å². The van der Waals surface area contributed by atoms with Crippen molar-refractivity contribution < 1.29 is 19.7 Å². The van der Waals surface area contributed by atoms with Crippen LogP contribution < -0.4 is 0 Å². The molecule has 0 aliphatic rings. The van der Waals surface area contributed by atoms with Gasteiger partial charge >= 0.3 is 5.97 Å². The van der Waals surface area contributed by atoms with Gasteiger partial charge in [0, 0.05) is 13.2 Å². The molecule has 4 nitrogen and oxygen atoms in total. The molecule has 1 aromatic carbocycles. The summed E-state index contributed by atoms with van der Waals surface area (Å²) >= 11 is 5.59. The molecule has 0 radical (unpaired) electrons. The lowest BCUT2D eigenvalue weighted by Crippen LogP contribution is -2.01. The zero-order valence-corrected chi connectivity index (χ0v) is 10.0. The van der Waals surface area contributed by atoms with Crippen molar-refractivity contribution >= 4 is 17.6 Å². The molecule has 16 heavy (non-hydrogen) atoms. The van der Waals surface area contributed by atoms with Crippen molar-refractivity contribution in [2.24, 2.45) is 0 Å². The number of hydrogen-bond acceptors (Lipinski definition) is 4. The molecule has 0 aliphatic heterocycles. The summed E-state index contributed by atoms with van der Waals surface area (Å²) in [6.45, 7) is 5.67. The number of carbonyl (C=O) groups excluding carboxylic acids is 1. The van der Waals surface area contributed by atoms with E-state index in [1.165, 1.54) is 12.1 Å². The molecule has 0 bridgehead atoms. The van der Waals surface area contributed by atoms with Crippen molar-refractivity contribution in [2.45, 2.75) is 13.8 Å². The lowest BCUT2D eigenvalue weighted by atomic mass is 10.2. The van der Waals surface area contributed by atoms with Crippen LogP contribution in [0.15, 0.2) is 24.3 Å². The van der Waals surface area contributed by atoms with Gasteiger partial charge in [-0.3, -0.25) is 4.89 Å². The Kier molecular flexibility index (Phi) is 8.52. The van der Waals surface area contributed by atoms with Gasteiger partial charge in [0.15, 0.2) is 0 Å². The minimum atomic E-state index is -0.851. The minimum absolute atomic E-state index is 0.150. The fourth-order valence-corrected chi connectivity index (χ4v) is 1.09. The molecule has 0 amide bonds. The van der Waals surface area contributed by atoms with Gasteiger partial charge in [-0.1, -0.05) is 23.7 Å². The smallest absolute Gasteiger partial charge is 0.374 e. The van der Waals surface area contributed by atoms with E-state index in [9.17, 15) is 4.79 Å². The fourth-order valence-electron chi connectivity index (χ4n) is 0.880. The predicted molar refractivity (Wildman–Crippen MR) is 61.7 cm³/mol. The zero-order valence-electron chi connectivity index (χ0n) is 9.27. The van der Waals surface area contributed by atoms with Gasteiger partial charge in [0.05, 0.1) is 10.6 Å². The third-order valence-electron chi connectivity index (χ3n) is 1.58. The molecule has 0 fully saturated rings. The highest BCUT2D eigenvalue weighted by Crippen LogP contribution is 2.15. The Labute approximate surface area is 99.7 Å². The summed E-state index contributed by atoms with van der Waals surface area (Å²) in [5.74, 6) is -0.851. The maximum Gasteiger partial charge on any atom is 0.374 e. The Bertz CT molecular complexity index is 313. The van der Waals surface area contributed by atoms with Gasteiger partial charge in [-0.15, -0.1) is 0 Å². The molecule has 5 heteroatoms. The van der Waals surface area contributed by atoms with Crippen LogP contribution in [0.1, 0.15) is 24.2 Å². The molecule has 0 aliphatic carbocycles. The highest BCUT2D eigenvalue weighted by Gasteiger charge is 2.09. The minimum Gasteiger partial charge on any atom is -0.382 e. The molecule has 0 spiro atoms. The first-order valence-electron chi connectivity index (χ1n) is 4.85. The van der Waals surface area contributed by atoms with Crippen molar-refractivity contribution in [3.63, 3.8) is 0 Å². The Balaban J connectivity index is 0.000000385. The third kappa shape index (κ3) is 5.70. The molecule has 90 valence electrons. The standard InChI is InChI=1S/C7H5ClO3.C4H10O/c8-6-4-2-1-3-5(6)7(9)11-10;1-3-5-4-2/h1-4,10H;3-4H2,1-2H3. The molecule has 1 N–H and O–H groups in total. The second-order valence-electron chi connectivity index (χ2n) is 2.64. The van der Waals surface area contributed by atoms with Crippen LogP contribution in [0, 0.1) is 0 Å². The van der Waals surface area contributed by atoms with Crippen LogP contribution in [0.4, 0.5) is 0 Å². The zero-order chi connectivity index (χ0) is 12.4. The number of ether oxygens (including phenoxy) is 1. The van der Waals surface area contributed by atoms with Crippen LogP contribution in [-0.2, 0) is 9.62 Å². The summed E-state index contributed by atoms with van der Waals surface area (Å²) in [6, 6.07) is 6.29. The fraction of sp³-hybridized carbons (Fsp3) is 0.364. The van der Waals surface area contributed by atoms with E-state index in [0.717, 1.165) is 13.2 Å². The molecule has 0 saturated carbocycles. The molecule has 0 heterocycles. The summed E-state index contributed by atoms with van der Waals surface area (Å²) in [7, 11) is 0. The largest absolute Gasteiger partial charge is 0.382 e. The summed E-state index contributed by atoms with van der Waals surface area (Å²) in [4.78, 5) is 14.2. The Morgan fingerprint density at radius 2 is 1.88 bits per heavy atom. The van der Waals surface area contributed by atoms with E-state index in [1.54, 1.807) is 12.1 Å². The Morgan fingerprint density at radius 1 is 1.31 bits per heavy atom. The summed E-state index contributed by atoms with van der Waals surface area (Å²) in [6.07, 6.45) is 0. The second kappa shape index (κ2) is 9.15. The first kappa shape index (κ1) is 14.9. The van der Waals surface area contributed by atoms with E-state index in [1.807, 2.05) is 13.8 Å². The van der Waals surface area contributed by atoms with Crippen molar-refractivity contribution in [3.05, 3.63) is 34.9 Å². The average Bonchev–Trinajstić information content (AvgIpc) is 2.31. The number of benzene rings is 1. The van der Waals surface area contributed by atoms with Gasteiger partial charge in [0.25, 0.3) is 0 Å². The molecule has 0 aromatic heterocycles. The average molecular weight is 247 g/mol. The number of halogens is 1. The molecular formula is C11H15ClO4. The van der Waals surface area contributed by atoms with Crippen LogP contribution in [0.5, 0.6) is 0 Å². The monoisotopic (exact) mass is 246 g/mol. The van der Waals surface area contributed by atoms with Crippen LogP contribution >= 0.6 is 11.6 Å². The lowest BCUT2D eigenvalue weighted by Gasteiger charge is -1.97. The van der Waals surface area contributed by atoms with Crippen molar-refractivity contribution in [2.75, 3.05) is 13.2 Å². The van der Waals surface area contributed by atoms with Crippen molar-refractivity contribution in [1.82, 2.24) is 0 Å². The van der Waals surface area contributed by atoms with E-state index < -0.39 is 5.97 Å². The Morgan fingerprint density at radius 3 is 2.25 bits per heavy atom. The van der Waals surface area contributed by atoms with Gasteiger partial charge in [-0.2, -0.15) is 5.26 Å². The lowest BCUT2D eigenvalue weighted by molar-refractivity contribution is -0.182. The highest BCUT2D eigenvalue weighted by molar-refractivity contribution is 6.33. The van der Waals surface area contributed by atoms with Crippen LogP contribution in [0.2, 0.25) is 5.02 Å². The van der Waals surface area contributed by atoms with Crippen molar-refractivity contribution in [1.29, 1.82) is 0 Å². The van der Waals surface area contributed by atoms with Gasteiger partial charge in [-0.25, -0.2) is 4.79 Å². The first-order chi connectivity index (χ1) is 7.67. The van der Waals surface area contributed by atoms with Crippen LogP contribution in [-0.4, -0.2) is 24.4 Å². The third-order valence-corrected chi connectivity index (χ3v) is 1.91. The second-order valence-corrected chi connectivity index (χ2v) is 3.05. The maximum atomic E-state index is 10.7. The highest BCUT2D eigenvalue weighted by atomic mass is 35.5. The number of rotatable bonds is 3. The van der Waals surface area contributed by atoms with Crippen LogP contribution in [0.3, 0.4) is 0 Å². The predicted octanol–water partition coefficient (Wildman–Crippen LogP) is 3.01. The van der Waals surface area contributed by atoms with Gasteiger partial charge in [0.1, 0.15) is 0 Å². The SMILES string of the molecule is CCOCC.O=C(OO)c1ccccc1Cl. The quantitative estimate of drug-likeness (QED) is 0.658. The molecule has 0 unspecified atom stereocenters. The van der Waals surface area contributed by atoms with E-state index in [-0.39, 0.29) is 10.6 Å². The molecule has 1 aromatic rings. The van der Waals surface area contributed by atoms with Crippen LogP contribution in [0.25, 0.3) is 0 Å². The summed E-state index contributed by atoms with van der Waals surface area (Å²) < 4.78 is 4.83. The summed E-state index contributed by atoms with van der Waals surface area (Å²) in [5, 5.41) is 8.26. The first-order valence-corrected chi connectivity index (χ1v) is 5.23. The topological polar surface area (TPSA) is 55.8 Å². The molecule has 0 saturated heterocycles. The van der Waals surface area contributed by atoms with E-state index >= 15 is 0 Å². The molecule has 1 rings (SSSR count). The van der Waals surface area contributed by atoms with E-state index in [4.69, 9.17) is 21.6 Å². The number of hydrogen-bond donors (Lipinski definition) is 1. The molecule has 0 atom stereocenters. The van der Waals surface area contributed by atoms with Gasteiger partial charge < -0.3 is 4.74 Å². The number of carbonyl (C=O) groups is 1. The maximum absolute atomic E-state index is 10.7. The van der Waals surface area contributed by atoms with Gasteiger partial charge in [-0.05, 0) is 26.0 Å². The summed E-state index contributed by atoms with van der Waals surface area (Å²) in [5.41, 5.74) is 0.150. The van der Waals surface area contributed by atoms with E-state index in [0.29, 0.717) is 0 Å². The van der Waals surface area contributed by atoms with Gasteiger partial charge in [0.2, 0.25) is 0 Å². The van der Waals surface area contributed by atoms with Crippen molar-refractivity contribution in [3.8, 4) is 0 Å².